The van der Waals surface area contributed by atoms with E-state index in [0.29, 0.717) is 16.1 Å². The molecule has 1 N–H and O–H groups in total. The molecule has 0 aromatic heterocycles. The first-order valence-corrected chi connectivity index (χ1v) is 8.36. The number of benzene rings is 1. The average Bonchev–Trinajstić information content (AvgIpc) is 2.36. The van der Waals surface area contributed by atoms with Gasteiger partial charge in [0.2, 0.25) is 0 Å². The molecule has 2 fully saturated rings. The molecular weight excluding hydrogens is 266 g/mol. The zero-order valence-corrected chi connectivity index (χ0v) is 13.0. The lowest BCUT2D eigenvalue weighted by atomic mass is 9.77. The summed E-state index contributed by atoms with van der Waals surface area (Å²) in [4.78, 5) is 0. The lowest BCUT2D eigenvalue weighted by molar-refractivity contribution is 0.00700. The Morgan fingerprint density at radius 3 is 2.25 bits per heavy atom. The van der Waals surface area contributed by atoms with E-state index >= 15 is 0 Å². The topological polar surface area (TPSA) is 44.0 Å². The zero-order chi connectivity index (χ0) is 14.3. The van der Waals surface area contributed by atoms with Gasteiger partial charge in [-0.2, -0.15) is 17.0 Å². The van der Waals surface area contributed by atoms with E-state index in [1.807, 2.05) is 26.0 Å². The van der Waals surface area contributed by atoms with Gasteiger partial charge in [0.1, 0.15) is 0 Å². The van der Waals surface area contributed by atoms with Crippen molar-refractivity contribution >= 4 is 11.8 Å². The Morgan fingerprint density at radius 1 is 1.20 bits per heavy atom. The van der Waals surface area contributed by atoms with Crippen LogP contribution in [0.3, 0.4) is 0 Å². The molecule has 2 saturated heterocycles. The van der Waals surface area contributed by atoms with Crippen molar-refractivity contribution in [3.63, 3.8) is 0 Å². The minimum Gasteiger partial charge on any atom is -0.385 e. The van der Waals surface area contributed by atoms with Crippen molar-refractivity contribution in [2.75, 3.05) is 0 Å². The van der Waals surface area contributed by atoms with Crippen LogP contribution in [0.2, 0.25) is 0 Å². The molecule has 0 aliphatic carbocycles. The molecule has 3 heteroatoms. The first-order chi connectivity index (χ1) is 9.51. The summed E-state index contributed by atoms with van der Waals surface area (Å²) in [6.07, 6.45) is 5.50. The molecule has 2 unspecified atom stereocenters. The molecule has 0 spiro atoms. The van der Waals surface area contributed by atoms with Gasteiger partial charge < -0.3 is 5.11 Å². The fourth-order valence-corrected chi connectivity index (χ4v) is 5.98. The highest BCUT2D eigenvalue weighted by Gasteiger charge is 2.43. The van der Waals surface area contributed by atoms with Crippen molar-refractivity contribution in [3.05, 3.63) is 34.4 Å². The van der Waals surface area contributed by atoms with Crippen LogP contribution in [0, 0.1) is 25.2 Å². The van der Waals surface area contributed by atoms with E-state index in [4.69, 9.17) is 5.26 Å². The van der Waals surface area contributed by atoms with Crippen LogP contribution >= 0.6 is 11.8 Å². The first-order valence-electron chi connectivity index (χ1n) is 7.41. The predicted molar refractivity (Wildman–Crippen MR) is 82.8 cm³/mol. The molecule has 2 heterocycles. The SMILES string of the molecule is Cc1cc(C#N)cc(C)c1C1(O)CC2CCCC(C1)S2. The molecule has 2 bridgehead atoms. The van der Waals surface area contributed by atoms with Crippen LogP contribution < -0.4 is 0 Å². The Kier molecular flexibility index (Phi) is 3.56. The number of aliphatic hydroxyl groups is 1. The van der Waals surface area contributed by atoms with E-state index in [0.717, 1.165) is 29.5 Å². The summed E-state index contributed by atoms with van der Waals surface area (Å²) in [6, 6.07) is 6.03. The Hall–Kier alpha value is -0.980. The average molecular weight is 287 g/mol. The van der Waals surface area contributed by atoms with Gasteiger partial charge >= 0.3 is 0 Å². The van der Waals surface area contributed by atoms with Crippen molar-refractivity contribution < 1.29 is 5.11 Å². The van der Waals surface area contributed by atoms with Gasteiger partial charge in [0.05, 0.1) is 17.2 Å². The summed E-state index contributed by atoms with van der Waals surface area (Å²) >= 11 is 2.08. The molecule has 106 valence electrons. The van der Waals surface area contributed by atoms with Gasteiger partial charge in [0.25, 0.3) is 0 Å². The van der Waals surface area contributed by atoms with Crippen molar-refractivity contribution in [2.45, 2.75) is 62.1 Å². The maximum absolute atomic E-state index is 11.3. The number of hydrogen-bond acceptors (Lipinski definition) is 3. The van der Waals surface area contributed by atoms with Crippen LogP contribution in [0.25, 0.3) is 0 Å². The van der Waals surface area contributed by atoms with Crippen LogP contribution in [0.5, 0.6) is 0 Å². The van der Waals surface area contributed by atoms with Crippen LogP contribution in [0.4, 0.5) is 0 Å². The number of rotatable bonds is 1. The zero-order valence-electron chi connectivity index (χ0n) is 12.1. The molecular formula is C17H21NOS. The van der Waals surface area contributed by atoms with E-state index in [2.05, 4.69) is 17.8 Å². The fourth-order valence-electron chi connectivity index (χ4n) is 4.08. The van der Waals surface area contributed by atoms with Crippen molar-refractivity contribution in [2.24, 2.45) is 0 Å². The fraction of sp³-hybridized carbons (Fsp3) is 0.588. The second kappa shape index (κ2) is 5.09. The van der Waals surface area contributed by atoms with E-state index in [1.165, 1.54) is 19.3 Å². The molecule has 0 amide bonds. The number of hydrogen-bond donors (Lipinski definition) is 1. The normalized spacial score (nSPS) is 32.7. The van der Waals surface area contributed by atoms with Crippen LogP contribution in [-0.2, 0) is 5.60 Å². The van der Waals surface area contributed by atoms with Gasteiger partial charge in [0, 0.05) is 10.5 Å². The van der Waals surface area contributed by atoms with E-state index < -0.39 is 5.60 Å². The Morgan fingerprint density at radius 2 is 1.75 bits per heavy atom. The maximum atomic E-state index is 11.3. The highest BCUT2D eigenvalue weighted by molar-refractivity contribution is 8.00. The van der Waals surface area contributed by atoms with E-state index in [9.17, 15) is 5.11 Å². The van der Waals surface area contributed by atoms with Gasteiger partial charge in [-0.1, -0.05) is 6.42 Å². The highest BCUT2D eigenvalue weighted by atomic mass is 32.2. The molecule has 1 aromatic rings. The van der Waals surface area contributed by atoms with Gasteiger partial charge in [0.15, 0.2) is 0 Å². The third-order valence-electron chi connectivity index (χ3n) is 4.69. The number of thioether (sulfide) groups is 1. The Labute approximate surface area is 125 Å². The van der Waals surface area contributed by atoms with Crippen LogP contribution in [0.15, 0.2) is 12.1 Å². The molecule has 0 radical (unpaired) electrons. The van der Waals surface area contributed by atoms with Gasteiger partial charge in [-0.15, -0.1) is 0 Å². The Balaban J connectivity index is 2.02. The number of aryl methyl sites for hydroxylation is 2. The van der Waals surface area contributed by atoms with Crippen LogP contribution in [-0.4, -0.2) is 15.6 Å². The van der Waals surface area contributed by atoms with Crippen molar-refractivity contribution in [1.82, 2.24) is 0 Å². The molecule has 1 aromatic carbocycles. The standard InChI is InChI=1S/C17H21NOS/c1-11-6-13(10-18)7-12(2)16(11)17(19)8-14-4-3-5-15(9-17)20-14/h6-7,14-15,19H,3-5,8-9H2,1-2H3. The molecule has 3 rings (SSSR count). The Bertz CT molecular complexity index is 540. The van der Waals surface area contributed by atoms with Crippen molar-refractivity contribution in [3.8, 4) is 6.07 Å². The van der Waals surface area contributed by atoms with E-state index in [-0.39, 0.29) is 0 Å². The summed E-state index contributed by atoms with van der Waals surface area (Å²) in [5.74, 6) is 0. The quantitative estimate of drug-likeness (QED) is 0.854. The number of nitrogens with zero attached hydrogens (tertiary/aromatic N) is 1. The highest BCUT2D eigenvalue weighted by Crippen LogP contribution is 2.50. The molecule has 2 aliphatic rings. The number of nitriles is 1. The summed E-state index contributed by atoms with van der Waals surface area (Å²) < 4.78 is 0. The number of fused-ring (bicyclic) bond motifs is 2. The third kappa shape index (κ3) is 2.36. The molecule has 2 nitrogen and oxygen atoms in total. The minimum absolute atomic E-state index is 0.599. The predicted octanol–water partition coefficient (Wildman–Crippen LogP) is 3.81. The summed E-state index contributed by atoms with van der Waals surface area (Å²) in [5, 5.41) is 21.5. The molecule has 2 atom stereocenters. The second-order valence-corrected chi connectivity index (χ2v) is 7.95. The van der Waals surface area contributed by atoms with Crippen LogP contribution in [0.1, 0.15) is 54.4 Å². The lowest BCUT2D eigenvalue weighted by Gasteiger charge is -2.45. The first kappa shape index (κ1) is 14.0. The van der Waals surface area contributed by atoms with Gasteiger partial charge in [-0.3, -0.25) is 0 Å². The van der Waals surface area contributed by atoms with Crippen molar-refractivity contribution in [1.29, 1.82) is 5.26 Å². The lowest BCUT2D eigenvalue weighted by Crippen LogP contribution is -2.41. The molecule has 0 saturated carbocycles. The van der Waals surface area contributed by atoms with Gasteiger partial charge in [-0.25, -0.2) is 0 Å². The van der Waals surface area contributed by atoms with Gasteiger partial charge in [-0.05, 0) is 68.4 Å². The molecule has 2 aliphatic heterocycles. The minimum atomic E-state index is -0.691. The second-order valence-electron chi connectivity index (χ2n) is 6.35. The third-order valence-corrected chi connectivity index (χ3v) is 6.27. The summed E-state index contributed by atoms with van der Waals surface area (Å²) in [5.41, 5.74) is 3.21. The maximum Gasteiger partial charge on any atom is 0.0991 e. The smallest absolute Gasteiger partial charge is 0.0991 e. The monoisotopic (exact) mass is 287 g/mol. The molecule has 20 heavy (non-hydrogen) atoms. The summed E-state index contributed by atoms with van der Waals surface area (Å²) in [6.45, 7) is 4.05. The summed E-state index contributed by atoms with van der Waals surface area (Å²) in [7, 11) is 0. The largest absolute Gasteiger partial charge is 0.385 e. The van der Waals surface area contributed by atoms with E-state index in [1.54, 1.807) is 0 Å².